The van der Waals surface area contributed by atoms with Crippen LogP contribution in [0.4, 0.5) is 0 Å². The van der Waals surface area contributed by atoms with Gasteiger partial charge in [0.05, 0.1) is 26.9 Å². The molecule has 2 aromatic rings. The van der Waals surface area contributed by atoms with Crippen molar-refractivity contribution in [2.45, 2.75) is 13.0 Å². The summed E-state index contributed by atoms with van der Waals surface area (Å²) in [4.78, 5) is 0. The predicted octanol–water partition coefficient (Wildman–Crippen LogP) is 2.70. The Hall–Kier alpha value is -2.14. The Kier molecular flexibility index (Phi) is 4.20. The molecule has 1 aromatic carbocycles. The van der Waals surface area contributed by atoms with Gasteiger partial charge in [0.2, 0.25) is 0 Å². The maximum atomic E-state index is 10.5. The standard InChI is InChI=1S/C15H18O5/c1-9-5-6-11(20-9)15(16)14-12(18-3)7-10(17-2)8-13(14)19-4/h5-8,15-16H,1-4H3. The molecule has 0 aliphatic carbocycles. The maximum absolute atomic E-state index is 10.5. The van der Waals surface area contributed by atoms with Crippen LogP contribution < -0.4 is 14.2 Å². The van der Waals surface area contributed by atoms with E-state index < -0.39 is 6.10 Å². The second-order valence-electron chi connectivity index (χ2n) is 4.30. The van der Waals surface area contributed by atoms with Crippen molar-refractivity contribution in [3.05, 3.63) is 41.3 Å². The molecule has 0 aliphatic rings. The molecular weight excluding hydrogens is 260 g/mol. The van der Waals surface area contributed by atoms with E-state index in [0.29, 0.717) is 28.6 Å². The highest BCUT2D eigenvalue weighted by Crippen LogP contribution is 2.40. The zero-order valence-corrected chi connectivity index (χ0v) is 12.0. The van der Waals surface area contributed by atoms with Gasteiger partial charge in [-0.2, -0.15) is 0 Å². The van der Waals surface area contributed by atoms with Crippen LogP contribution in [0.25, 0.3) is 0 Å². The first kappa shape index (κ1) is 14.3. The molecule has 0 aliphatic heterocycles. The first-order chi connectivity index (χ1) is 9.60. The van der Waals surface area contributed by atoms with E-state index in [1.807, 2.05) is 6.92 Å². The summed E-state index contributed by atoms with van der Waals surface area (Å²) >= 11 is 0. The average molecular weight is 278 g/mol. The van der Waals surface area contributed by atoms with Gasteiger partial charge >= 0.3 is 0 Å². The Bertz CT molecular complexity index is 563. The first-order valence-electron chi connectivity index (χ1n) is 6.15. The Morgan fingerprint density at radius 3 is 2.00 bits per heavy atom. The van der Waals surface area contributed by atoms with E-state index in [4.69, 9.17) is 18.6 Å². The molecule has 1 aromatic heterocycles. The van der Waals surface area contributed by atoms with E-state index in [0.717, 1.165) is 5.76 Å². The topological polar surface area (TPSA) is 61.1 Å². The third kappa shape index (κ3) is 2.58. The Morgan fingerprint density at radius 1 is 1.00 bits per heavy atom. The summed E-state index contributed by atoms with van der Waals surface area (Å²) in [6.07, 6.45) is -0.973. The zero-order valence-electron chi connectivity index (χ0n) is 12.0. The van der Waals surface area contributed by atoms with Crippen molar-refractivity contribution in [3.8, 4) is 17.2 Å². The average Bonchev–Trinajstić information content (AvgIpc) is 2.91. The molecule has 108 valence electrons. The molecule has 0 amide bonds. The molecule has 1 unspecified atom stereocenters. The fourth-order valence-corrected chi connectivity index (χ4v) is 2.04. The van der Waals surface area contributed by atoms with E-state index >= 15 is 0 Å². The Morgan fingerprint density at radius 2 is 1.60 bits per heavy atom. The van der Waals surface area contributed by atoms with Crippen molar-refractivity contribution in [2.75, 3.05) is 21.3 Å². The number of rotatable bonds is 5. The van der Waals surface area contributed by atoms with Crippen molar-refractivity contribution in [1.29, 1.82) is 0 Å². The Labute approximate surface area is 117 Å². The van der Waals surface area contributed by atoms with Gasteiger partial charge in [-0.15, -0.1) is 0 Å². The van der Waals surface area contributed by atoms with Crippen LogP contribution in [0.1, 0.15) is 23.2 Å². The largest absolute Gasteiger partial charge is 0.496 e. The SMILES string of the molecule is COc1cc(OC)c(C(O)c2ccc(C)o2)c(OC)c1. The molecule has 20 heavy (non-hydrogen) atoms. The summed E-state index contributed by atoms with van der Waals surface area (Å²) in [6.45, 7) is 1.82. The molecule has 1 N–H and O–H groups in total. The van der Waals surface area contributed by atoms with Crippen LogP contribution in [0, 0.1) is 6.92 Å². The maximum Gasteiger partial charge on any atom is 0.144 e. The quantitative estimate of drug-likeness (QED) is 0.911. The van der Waals surface area contributed by atoms with Gasteiger partial charge in [0.1, 0.15) is 34.9 Å². The smallest absolute Gasteiger partial charge is 0.144 e. The Balaban J connectivity index is 2.53. The minimum atomic E-state index is -0.973. The number of aryl methyl sites for hydroxylation is 1. The molecule has 0 saturated heterocycles. The zero-order chi connectivity index (χ0) is 14.7. The number of ether oxygens (including phenoxy) is 3. The van der Waals surface area contributed by atoms with Crippen LogP contribution in [0.2, 0.25) is 0 Å². The lowest BCUT2D eigenvalue weighted by atomic mass is 10.0. The summed E-state index contributed by atoms with van der Waals surface area (Å²) in [6, 6.07) is 6.90. The number of hydrogen-bond donors (Lipinski definition) is 1. The van der Waals surface area contributed by atoms with E-state index in [2.05, 4.69) is 0 Å². The van der Waals surface area contributed by atoms with Gasteiger partial charge in [-0.05, 0) is 19.1 Å². The molecule has 1 atom stereocenters. The second kappa shape index (κ2) is 5.88. The van der Waals surface area contributed by atoms with Crippen molar-refractivity contribution in [2.24, 2.45) is 0 Å². The highest BCUT2D eigenvalue weighted by Gasteiger charge is 2.24. The van der Waals surface area contributed by atoms with Gasteiger partial charge in [0, 0.05) is 12.1 Å². The van der Waals surface area contributed by atoms with Crippen LogP contribution in [-0.2, 0) is 0 Å². The highest BCUT2D eigenvalue weighted by molar-refractivity contribution is 5.53. The first-order valence-corrected chi connectivity index (χ1v) is 6.15. The molecular formula is C15H18O5. The van der Waals surface area contributed by atoms with Gasteiger partial charge in [-0.1, -0.05) is 0 Å². The lowest BCUT2D eigenvalue weighted by molar-refractivity contribution is 0.178. The second-order valence-corrected chi connectivity index (χ2v) is 4.30. The molecule has 1 heterocycles. The normalized spacial score (nSPS) is 12.1. The summed E-state index contributed by atoms with van der Waals surface area (Å²) in [5.41, 5.74) is 0.505. The van der Waals surface area contributed by atoms with Gasteiger partial charge < -0.3 is 23.7 Å². The lowest BCUT2D eigenvalue weighted by Gasteiger charge is -2.18. The van der Waals surface area contributed by atoms with Crippen LogP contribution in [-0.4, -0.2) is 26.4 Å². The molecule has 0 bridgehead atoms. The molecule has 5 nitrogen and oxygen atoms in total. The van der Waals surface area contributed by atoms with E-state index in [1.165, 1.54) is 14.2 Å². The predicted molar refractivity (Wildman–Crippen MR) is 73.6 cm³/mol. The molecule has 0 radical (unpaired) electrons. The third-order valence-electron chi connectivity index (χ3n) is 3.06. The van der Waals surface area contributed by atoms with E-state index in [9.17, 15) is 5.11 Å². The monoisotopic (exact) mass is 278 g/mol. The minimum Gasteiger partial charge on any atom is -0.496 e. The van der Waals surface area contributed by atoms with Crippen LogP contribution in [0.15, 0.2) is 28.7 Å². The molecule has 0 saturated carbocycles. The molecule has 0 fully saturated rings. The van der Waals surface area contributed by atoms with Gasteiger partial charge in [-0.25, -0.2) is 0 Å². The van der Waals surface area contributed by atoms with Crippen molar-refractivity contribution in [1.82, 2.24) is 0 Å². The number of hydrogen-bond acceptors (Lipinski definition) is 5. The van der Waals surface area contributed by atoms with E-state index in [-0.39, 0.29) is 0 Å². The number of aliphatic hydroxyl groups is 1. The third-order valence-corrected chi connectivity index (χ3v) is 3.06. The van der Waals surface area contributed by atoms with Crippen LogP contribution >= 0.6 is 0 Å². The summed E-state index contributed by atoms with van der Waals surface area (Å²) in [7, 11) is 4.61. The molecule has 0 spiro atoms. The summed E-state index contributed by atoms with van der Waals surface area (Å²) in [5, 5.41) is 10.5. The summed E-state index contributed by atoms with van der Waals surface area (Å²) in [5.74, 6) is 2.70. The van der Waals surface area contributed by atoms with Crippen LogP contribution in [0.5, 0.6) is 17.2 Å². The number of methoxy groups -OCH3 is 3. The minimum absolute atomic E-state index is 0.435. The lowest BCUT2D eigenvalue weighted by Crippen LogP contribution is -2.05. The fourth-order valence-electron chi connectivity index (χ4n) is 2.04. The van der Waals surface area contributed by atoms with Gasteiger partial charge in [0.15, 0.2) is 0 Å². The number of furan rings is 1. The van der Waals surface area contributed by atoms with Crippen molar-refractivity contribution >= 4 is 0 Å². The van der Waals surface area contributed by atoms with Crippen molar-refractivity contribution < 1.29 is 23.7 Å². The number of aliphatic hydroxyl groups excluding tert-OH is 1. The van der Waals surface area contributed by atoms with E-state index in [1.54, 1.807) is 31.4 Å². The molecule has 2 rings (SSSR count). The summed E-state index contributed by atoms with van der Waals surface area (Å²) < 4.78 is 21.3. The number of benzene rings is 1. The van der Waals surface area contributed by atoms with Crippen molar-refractivity contribution in [3.63, 3.8) is 0 Å². The van der Waals surface area contributed by atoms with Crippen LogP contribution in [0.3, 0.4) is 0 Å². The molecule has 5 heteroatoms. The van der Waals surface area contributed by atoms with Gasteiger partial charge in [-0.3, -0.25) is 0 Å². The fraction of sp³-hybridized carbons (Fsp3) is 0.333. The highest BCUT2D eigenvalue weighted by atomic mass is 16.5. The van der Waals surface area contributed by atoms with Gasteiger partial charge in [0.25, 0.3) is 0 Å².